The Morgan fingerprint density at radius 2 is 1.88 bits per heavy atom. The fourth-order valence-electron chi connectivity index (χ4n) is 2.20. The first kappa shape index (κ1) is 18.7. The lowest BCUT2D eigenvalue weighted by atomic mass is 10.1. The number of carboxylic acid groups (broad SMARTS) is 1. The van der Waals surface area contributed by atoms with Crippen LogP contribution in [0, 0.1) is 25.2 Å². The third-order valence-corrected chi connectivity index (χ3v) is 3.77. The number of nitriles is 1. The van der Waals surface area contributed by atoms with Gasteiger partial charge in [-0.15, -0.1) is 0 Å². The van der Waals surface area contributed by atoms with Crippen molar-refractivity contribution in [3.05, 3.63) is 64.7 Å². The normalized spacial score (nSPS) is 10.7. The van der Waals surface area contributed by atoms with Gasteiger partial charge in [-0.3, -0.25) is 4.79 Å². The van der Waals surface area contributed by atoms with E-state index in [9.17, 15) is 14.9 Å². The summed E-state index contributed by atoms with van der Waals surface area (Å²) in [4.78, 5) is 22.8. The van der Waals surface area contributed by atoms with Crippen LogP contribution in [0.2, 0.25) is 0 Å². The van der Waals surface area contributed by atoms with Crippen molar-refractivity contribution in [3.8, 4) is 11.8 Å². The predicted octanol–water partition coefficient (Wildman–Crippen LogP) is 3.31. The molecule has 2 rings (SSSR count). The van der Waals surface area contributed by atoms with Gasteiger partial charge >= 0.3 is 5.97 Å². The first-order valence-corrected chi connectivity index (χ1v) is 7.84. The maximum absolute atomic E-state index is 12.4. The lowest BCUT2D eigenvalue weighted by Gasteiger charge is -2.10. The van der Waals surface area contributed by atoms with Gasteiger partial charge in [0, 0.05) is 5.69 Å². The van der Waals surface area contributed by atoms with Crippen LogP contribution in [0.15, 0.2) is 48.0 Å². The molecule has 1 amide bonds. The topological polar surface area (TPSA) is 99.4 Å². The Hall–Kier alpha value is -3.59. The molecule has 0 atom stereocenters. The van der Waals surface area contributed by atoms with Gasteiger partial charge in [0.15, 0.2) is 6.61 Å². The molecule has 2 N–H and O–H groups in total. The van der Waals surface area contributed by atoms with E-state index in [1.54, 1.807) is 30.3 Å². The summed E-state index contributed by atoms with van der Waals surface area (Å²) in [7, 11) is 0. The molecule has 0 saturated carbocycles. The SMILES string of the molecule is Cc1cccc(NC(=O)/C(C#N)=C/c2ccc(OCC(=O)O)cc2)c1C. The van der Waals surface area contributed by atoms with Crippen molar-refractivity contribution in [2.24, 2.45) is 0 Å². The van der Waals surface area contributed by atoms with E-state index >= 15 is 0 Å². The molecule has 2 aromatic carbocycles. The average Bonchev–Trinajstić information content (AvgIpc) is 2.62. The second kappa shape index (κ2) is 8.49. The summed E-state index contributed by atoms with van der Waals surface area (Å²) < 4.78 is 5.04. The smallest absolute Gasteiger partial charge is 0.341 e. The third kappa shape index (κ3) is 4.95. The summed E-state index contributed by atoms with van der Waals surface area (Å²) in [5.41, 5.74) is 3.24. The monoisotopic (exact) mass is 350 g/mol. The quantitative estimate of drug-likeness (QED) is 0.615. The highest BCUT2D eigenvalue weighted by Crippen LogP contribution is 2.19. The van der Waals surface area contributed by atoms with Crippen LogP contribution >= 0.6 is 0 Å². The molecule has 26 heavy (non-hydrogen) atoms. The number of ether oxygens (including phenoxy) is 1. The molecule has 0 unspecified atom stereocenters. The summed E-state index contributed by atoms with van der Waals surface area (Å²) in [5, 5.41) is 20.6. The number of rotatable bonds is 6. The highest BCUT2D eigenvalue weighted by atomic mass is 16.5. The molecule has 0 aliphatic heterocycles. The zero-order valence-electron chi connectivity index (χ0n) is 14.4. The van der Waals surface area contributed by atoms with Crippen molar-refractivity contribution in [1.29, 1.82) is 5.26 Å². The Bertz CT molecular complexity index is 893. The van der Waals surface area contributed by atoms with Gasteiger partial charge in [0.1, 0.15) is 17.4 Å². The predicted molar refractivity (Wildman–Crippen MR) is 97.7 cm³/mol. The Morgan fingerprint density at radius 1 is 1.19 bits per heavy atom. The number of hydrogen-bond donors (Lipinski definition) is 2. The number of carbonyl (C=O) groups is 2. The highest BCUT2D eigenvalue weighted by Gasteiger charge is 2.11. The maximum Gasteiger partial charge on any atom is 0.341 e. The van der Waals surface area contributed by atoms with Crippen LogP contribution in [-0.2, 0) is 9.59 Å². The van der Waals surface area contributed by atoms with E-state index < -0.39 is 18.5 Å². The molecule has 2 aromatic rings. The molecule has 0 aliphatic carbocycles. The lowest BCUT2D eigenvalue weighted by Crippen LogP contribution is -2.14. The molecule has 0 bridgehead atoms. The van der Waals surface area contributed by atoms with E-state index in [1.807, 2.05) is 32.0 Å². The fourth-order valence-corrected chi connectivity index (χ4v) is 2.20. The molecule has 0 aliphatic rings. The average molecular weight is 350 g/mol. The molecule has 0 saturated heterocycles. The molecule has 0 heterocycles. The number of amides is 1. The van der Waals surface area contributed by atoms with Crippen LogP contribution in [0.4, 0.5) is 5.69 Å². The summed E-state index contributed by atoms with van der Waals surface area (Å²) in [6, 6.07) is 13.9. The van der Waals surface area contributed by atoms with Gasteiger partial charge in [-0.05, 0) is 54.8 Å². The van der Waals surface area contributed by atoms with Crippen LogP contribution in [0.25, 0.3) is 6.08 Å². The van der Waals surface area contributed by atoms with E-state index in [0.717, 1.165) is 11.1 Å². The van der Waals surface area contributed by atoms with Gasteiger partial charge in [0.2, 0.25) is 0 Å². The first-order chi connectivity index (χ1) is 12.4. The molecule has 6 heteroatoms. The van der Waals surface area contributed by atoms with Crippen molar-refractivity contribution >= 4 is 23.6 Å². The van der Waals surface area contributed by atoms with Gasteiger partial charge < -0.3 is 15.2 Å². The van der Waals surface area contributed by atoms with Gasteiger partial charge in [-0.2, -0.15) is 5.26 Å². The van der Waals surface area contributed by atoms with Crippen LogP contribution in [-0.4, -0.2) is 23.6 Å². The molecular weight excluding hydrogens is 332 g/mol. The zero-order chi connectivity index (χ0) is 19.1. The number of hydrogen-bond acceptors (Lipinski definition) is 4. The highest BCUT2D eigenvalue weighted by molar-refractivity contribution is 6.10. The summed E-state index contributed by atoms with van der Waals surface area (Å²) >= 11 is 0. The zero-order valence-corrected chi connectivity index (χ0v) is 14.4. The maximum atomic E-state index is 12.4. The number of carboxylic acids is 1. The van der Waals surface area contributed by atoms with E-state index in [1.165, 1.54) is 6.08 Å². The number of aryl methyl sites for hydroxylation is 1. The van der Waals surface area contributed by atoms with Crippen LogP contribution in [0.5, 0.6) is 5.75 Å². The van der Waals surface area contributed by atoms with Crippen molar-refractivity contribution in [2.45, 2.75) is 13.8 Å². The standard InChI is InChI=1S/C20H18N2O4/c1-13-4-3-5-18(14(13)2)22-20(25)16(11-21)10-15-6-8-17(9-7-15)26-12-19(23)24/h3-10H,12H2,1-2H3,(H,22,25)(H,23,24)/b16-10+. The lowest BCUT2D eigenvalue weighted by molar-refractivity contribution is -0.139. The number of nitrogens with zero attached hydrogens (tertiary/aromatic N) is 1. The summed E-state index contributed by atoms with van der Waals surface area (Å²) in [5.74, 6) is -1.17. The second-order valence-electron chi connectivity index (χ2n) is 5.62. The van der Waals surface area contributed by atoms with Crippen molar-refractivity contribution in [1.82, 2.24) is 0 Å². The number of nitrogens with one attached hydrogen (secondary N) is 1. The minimum Gasteiger partial charge on any atom is -0.482 e. The number of aliphatic carboxylic acids is 1. The Morgan fingerprint density at radius 3 is 2.50 bits per heavy atom. The van der Waals surface area contributed by atoms with Gasteiger partial charge in [0.25, 0.3) is 5.91 Å². The number of carbonyl (C=O) groups excluding carboxylic acids is 1. The fraction of sp³-hybridized carbons (Fsp3) is 0.150. The number of benzene rings is 2. The Labute approximate surface area is 151 Å². The van der Waals surface area contributed by atoms with Crippen LogP contribution in [0.1, 0.15) is 16.7 Å². The van der Waals surface area contributed by atoms with Crippen molar-refractivity contribution in [2.75, 3.05) is 11.9 Å². The minimum absolute atomic E-state index is 0.0369. The molecule has 0 spiro atoms. The van der Waals surface area contributed by atoms with Crippen molar-refractivity contribution < 1.29 is 19.4 Å². The molecular formula is C20H18N2O4. The Balaban J connectivity index is 2.14. The largest absolute Gasteiger partial charge is 0.482 e. The molecule has 6 nitrogen and oxygen atoms in total. The molecule has 0 radical (unpaired) electrons. The van der Waals surface area contributed by atoms with Crippen LogP contribution in [0.3, 0.4) is 0 Å². The van der Waals surface area contributed by atoms with Gasteiger partial charge in [-0.25, -0.2) is 4.79 Å². The first-order valence-electron chi connectivity index (χ1n) is 7.84. The Kier molecular flexibility index (Phi) is 6.12. The summed E-state index contributed by atoms with van der Waals surface area (Å²) in [6.45, 7) is 3.41. The van der Waals surface area contributed by atoms with Gasteiger partial charge in [0.05, 0.1) is 0 Å². The van der Waals surface area contributed by atoms with E-state index in [2.05, 4.69) is 5.32 Å². The summed E-state index contributed by atoms with van der Waals surface area (Å²) in [6.07, 6.45) is 1.46. The molecule has 132 valence electrons. The van der Waals surface area contributed by atoms with E-state index in [0.29, 0.717) is 17.0 Å². The molecule has 0 aromatic heterocycles. The second-order valence-corrected chi connectivity index (χ2v) is 5.62. The number of anilines is 1. The van der Waals surface area contributed by atoms with E-state index in [-0.39, 0.29) is 5.57 Å². The minimum atomic E-state index is -1.07. The van der Waals surface area contributed by atoms with E-state index in [4.69, 9.17) is 9.84 Å². The van der Waals surface area contributed by atoms with Gasteiger partial charge in [-0.1, -0.05) is 24.3 Å². The van der Waals surface area contributed by atoms with Crippen molar-refractivity contribution in [3.63, 3.8) is 0 Å². The molecule has 0 fully saturated rings. The van der Waals surface area contributed by atoms with Crippen LogP contribution < -0.4 is 10.1 Å². The third-order valence-electron chi connectivity index (χ3n) is 3.77.